The highest BCUT2D eigenvalue weighted by Crippen LogP contribution is 2.18. The number of ether oxygens (including phenoxy) is 1. The predicted molar refractivity (Wildman–Crippen MR) is 92.3 cm³/mol. The van der Waals surface area contributed by atoms with Crippen molar-refractivity contribution in [3.05, 3.63) is 59.7 Å². The fraction of sp³-hybridized carbons (Fsp3) is 0.278. The zero-order valence-corrected chi connectivity index (χ0v) is 14.4. The van der Waals surface area contributed by atoms with Gasteiger partial charge in [0.25, 0.3) is 5.91 Å². The second-order valence-electron chi connectivity index (χ2n) is 5.18. The van der Waals surface area contributed by atoms with E-state index < -0.39 is 10.8 Å². The van der Waals surface area contributed by atoms with Crippen LogP contribution in [-0.4, -0.2) is 23.0 Å². The summed E-state index contributed by atoms with van der Waals surface area (Å²) in [7, 11) is -1.04. The normalized spacial score (nSPS) is 13.2. The Labute approximate surface area is 139 Å². The molecule has 1 amide bonds. The number of hydrogen-bond donors (Lipinski definition) is 1. The zero-order chi connectivity index (χ0) is 16.8. The number of nitrogens with one attached hydrogen (secondary N) is 1. The van der Waals surface area contributed by atoms with Crippen LogP contribution in [0.5, 0.6) is 5.75 Å². The first-order chi connectivity index (χ1) is 11.0. The summed E-state index contributed by atoms with van der Waals surface area (Å²) in [5, 5.41) is 2.96. The van der Waals surface area contributed by atoms with Crippen LogP contribution < -0.4 is 10.1 Å². The van der Waals surface area contributed by atoms with E-state index in [1.165, 1.54) is 0 Å². The molecule has 0 aliphatic rings. The standard InChI is InChI=1S/C18H21NO3S/c1-4-22-16-9-5-14(6-10-16)13(2)19-18(20)15-7-11-17(12-8-15)23(3)21/h5-13H,4H2,1-3H3,(H,19,20). The summed E-state index contributed by atoms with van der Waals surface area (Å²) in [6.45, 7) is 4.50. The molecule has 2 aromatic rings. The van der Waals surface area contributed by atoms with Crippen molar-refractivity contribution >= 4 is 16.7 Å². The van der Waals surface area contributed by atoms with E-state index in [0.717, 1.165) is 11.3 Å². The molecule has 0 heterocycles. The molecule has 1 N–H and O–H groups in total. The number of hydrogen-bond acceptors (Lipinski definition) is 3. The predicted octanol–water partition coefficient (Wildman–Crippen LogP) is 3.31. The van der Waals surface area contributed by atoms with Crippen molar-refractivity contribution in [2.24, 2.45) is 0 Å². The van der Waals surface area contributed by atoms with Gasteiger partial charge in [-0.25, -0.2) is 0 Å². The second kappa shape index (κ2) is 7.92. The first-order valence-corrected chi connectivity index (χ1v) is 9.04. The highest BCUT2D eigenvalue weighted by Gasteiger charge is 2.12. The lowest BCUT2D eigenvalue weighted by atomic mass is 10.1. The first-order valence-electron chi connectivity index (χ1n) is 7.48. The summed E-state index contributed by atoms with van der Waals surface area (Å²) >= 11 is 0. The molecule has 5 heteroatoms. The van der Waals surface area contributed by atoms with Crippen LogP contribution in [-0.2, 0) is 10.8 Å². The lowest BCUT2D eigenvalue weighted by Gasteiger charge is -2.15. The molecule has 2 unspecified atom stereocenters. The molecule has 0 bridgehead atoms. The highest BCUT2D eigenvalue weighted by molar-refractivity contribution is 7.84. The van der Waals surface area contributed by atoms with Crippen molar-refractivity contribution in [1.82, 2.24) is 5.32 Å². The minimum atomic E-state index is -1.04. The van der Waals surface area contributed by atoms with Gasteiger partial charge in [-0.15, -0.1) is 0 Å². The Bertz CT molecular complexity index is 680. The first kappa shape index (κ1) is 17.2. The van der Waals surface area contributed by atoms with Gasteiger partial charge >= 0.3 is 0 Å². The SMILES string of the molecule is CCOc1ccc(C(C)NC(=O)c2ccc(S(C)=O)cc2)cc1. The Hall–Kier alpha value is -2.14. The number of carbonyl (C=O) groups is 1. The summed E-state index contributed by atoms with van der Waals surface area (Å²) in [5.41, 5.74) is 1.56. The quantitative estimate of drug-likeness (QED) is 0.883. The Morgan fingerprint density at radius 1 is 1.13 bits per heavy atom. The van der Waals surface area contributed by atoms with Crippen LogP contribution in [0.15, 0.2) is 53.4 Å². The lowest BCUT2D eigenvalue weighted by molar-refractivity contribution is 0.0940. The molecule has 2 aromatic carbocycles. The summed E-state index contributed by atoms with van der Waals surface area (Å²) < 4.78 is 16.8. The minimum absolute atomic E-state index is 0.113. The molecule has 0 spiro atoms. The Balaban J connectivity index is 2.02. The summed E-state index contributed by atoms with van der Waals surface area (Å²) in [6, 6.07) is 14.4. The average Bonchev–Trinajstić information content (AvgIpc) is 2.55. The maximum absolute atomic E-state index is 12.3. The summed E-state index contributed by atoms with van der Waals surface area (Å²) in [4.78, 5) is 13.0. The van der Waals surface area contributed by atoms with Crippen LogP contribution in [0.25, 0.3) is 0 Å². The van der Waals surface area contributed by atoms with Gasteiger partial charge in [0.15, 0.2) is 0 Å². The van der Waals surface area contributed by atoms with Gasteiger partial charge in [0.1, 0.15) is 5.75 Å². The van der Waals surface area contributed by atoms with Gasteiger partial charge in [0, 0.05) is 27.5 Å². The lowest BCUT2D eigenvalue weighted by Crippen LogP contribution is -2.26. The van der Waals surface area contributed by atoms with E-state index in [2.05, 4.69) is 5.32 Å². The molecule has 0 saturated carbocycles. The van der Waals surface area contributed by atoms with Crippen molar-refractivity contribution in [2.45, 2.75) is 24.8 Å². The maximum atomic E-state index is 12.3. The molecule has 0 aliphatic carbocycles. The maximum Gasteiger partial charge on any atom is 0.251 e. The molecule has 2 atom stereocenters. The number of benzene rings is 2. The molecule has 122 valence electrons. The Morgan fingerprint density at radius 2 is 1.74 bits per heavy atom. The Morgan fingerprint density at radius 3 is 2.26 bits per heavy atom. The van der Waals surface area contributed by atoms with Gasteiger partial charge in [-0.05, 0) is 55.8 Å². The molecule has 0 aromatic heterocycles. The fourth-order valence-electron chi connectivity index (χ4n) is 2.18. The van der Waals surface area contributed by atoms with E-state index in [9.17, 15) is 9.00 Å². The van der Waals surface area contributed by atoms with Gasteiger partial charge in [0.2, 0.25) is 0 Å². The van der Waals surface area contributed by atoms with Gasteiger partial charge in [-0.1, -0.05) is 12.1 Å². The molecular weight excluding hydrogens is 310 g/mol. The van der Waals surface area contributed by atoms with Gasteiger partial charge in [0.05, 0.1) is 12.6 Å². The summed E-state index contributed by atoms with van der Waals surface area (Å²) in [6.07, 6.45) is 1.61. The molecule has 4 nitrogen and oxygen atoms in total. The third-order valence-electron chi connectivity index (χ3n) is 3.49. The number of carbonyl (C=O) groups excluding carboxylic acids is 1. The van der Waals surface area contributed by atoms with Crippen LogP contribution in [0.1, 0.15) is 35.8 Å². The third-order valence-corrected chi connectivity index (χ3v) is 4.42. The smallest absolute Gasteiger partial charge is 0.251 e. The zero-order valence-electron chi connectivity index (χ0n) is 13.5. The molecule has 0 fully saturated rings. The molecule has 0 saturated heterocycles. The van der Waals surface area contributed by atoms with E-state index in [1.807, 2.05) is 38.1 Å². The van der Waals surface area contributed by atoms with Gasteiger partial charge < -0.3 is 10.1 Å². The monoisotopic (exact) mass is 331 g/mol. The number of rotatable bonds is 6. The molecule has 0 radical (unpaired) electrons. The minimum Gasteiger partial charge on any atom is -0.494 e. The van der Waals surface area contributed by atoms with Crippen LogP contribution in [0.3, 0.4) is 0 Å². The van der Waals surface area contributed by atoms with E-state index >= 15 is 0 Å². The van der Waals surface area contributed by atoms with Crippen molar-refractivity contribution < 1.29 is 13.7 Å². The van der Waals surface area contributed by atoms with E-state index in [0.29, 0.717) is 17.1 Å². The van der Waals surface area contributed by atoms with E-state index in [4.69, 9.17) is 4.74 Å². The third kappa shape index (κ3) is 4.66. The van der Waals surface area contributed by atoms with Gasteiger partial charge in [-0.3, -0.25) is 9.00 Å². The molecule has 2 rings (SSSR count). The van der Waals surface area contributed by atoms with Crippen LogP contribution >= 0.6 is 0 Å². The molecule has 23 heavy (non-hydrogen) atoms. The molecule has 0 aliphatic heterocycles. The van der Waals surface area contributed by atoms with Crippen molar-refractivity contribution in [1.29, 1.82) is 0 Å². The van der Waals surface area contributed by atoms with E-state index in [-0.39, 0.29) is 11.9 Å². The number of amides is 1. The summed E-state index contributed by atoms with van der Waals surface area (Å²) in [5.74, 6) is 0.665. The van der Waals surface area contributed by atoms with Crippen molar-refractivity contribution in [2.75, 3.05) is 12.9 Å². The van der Waals surface area contributed by atoms with Crippen LogP contribution in [0, 0.1) is 0 Å². The second-order valence-corrected chi connectivity index (χ2v) is 6.56. The van der Waals surface area contributed by atoms with Crippen molar-refractivity contribution in [3.8, 4) is 5.75 Å². The topological polar surface area (TPSA) is 55.4 Å². The Kier molecular flexibility index (Phi) is 5.93. The van der Waals surface area contributed by atoms with Crippen molar-refractivity contribution in [3.63, 3.8) is 0 Å². The van der Waals surface area contributed by atoms with Crippen LogP contribution in [0.4, 0.5) is 0 Å². The average molecular weight is 331 g/mol. The highest BCUT2D eigenvalue weighted by atomic mass is 32.2. The largest absolute Gasteiger partial charge is 0.494 e. The van der Waals surface area contributed by atoms with Crippen LogP contribution in [0.2, 0.25) is 0 Å². The van der Waals surface area contributed by atoms with E-state index in [1.54, 1.807) is 30.5 Å². The molecular formula is C18H21NO3S. The fourth-order valence-corrected chi connectivity index (χ4v) is 2.70. The van der Waals surface area contributed by atoms with Gasteiger partial charge in [-0.2, -0.15) is 0 Å².